The Hall–Kier alpha value is -0.970. The molecular formula is C18H26O7P2. The van der Waals surface area contributed by atoms with Crippen molar-refractivity contribution in [1.82, 2.24) is 0 Å². The van der Waals surface area contributed by atoms with E-state index < -0.39 is 32.4 Å². The minimum atomic E-state index is -3.87. The zero-order chi connectivity index (χ0) is 20.1. The van der Waals surface area contributed by atoms with Crippen LogP contribution in [0.15, 0.2) is 24.3 Å². The van der Waals surface area contributed by atoms with Crippen LogP contribution in [0.1, 0.15) is 41.5 Å². The summed E-state index contributed by atoms with van der Waals surface area (Å²) in [6.45, 7) is 10.6. The van der Waals surface area contributed by atoms with Crippen molar-refractivity contribution in [2.45, 2.75) is 46.9 Å². The largest absolute Gasteiger partial charge is 0.464 e. The number of rotatable bonds is 7. The molecule has 1 aromatic carbocycles. The van der Waals surface area contributed by atoms with Crippen LogP contribution in [-0.4, -0.2) is 24.3 Å². The van der Waals surface area contributed by atoms with E-state index >= 15 is 0 Å². The molecule has 3 rings (SSSR count). The van der Waals surface area contributed by atoms with Gasteiger partial charge in [0.25, 0.3) is 0 Å². The van der Waals surface area contributed by atoms with Gasteiger partial charge in [0.1, 0.15) is 0 Å². The molecule has 0 aromatic heterocycles. The van der Waals surface area contributed by atoms with Crippen LogP contribution in [0.25, 0.3) is 0 Å². The van der Waals surface area contributed by atoms with Crippen LogP contribution < -0.4 is 9.05 Å². The number of carbonyl (C=O) groups excluding carboxylic acids is 1. The lowest BCUT2D eigenvalue weighted by Gasteiger charge is -2.64. The van der Waals surface area contributed by atoms with E-state index in [2.05, 4.69) is 0 Å². The number of benzene rings is 1. The monoisotopic (exact) mass is 416 g/mol. The van der Waals surface area contributed by atoms with Crippen LogP contribution in [0.3, 0.4) is 0 Å². The van der Waals surface area contributed by atoms with Gasteiger partial charge in [0.2, 0.25) is 5.34 Å². The molecule has 0 saturated heterocycles. The molecule has 7 nitrogen and oxygen atoms in total. The Morgan fingerprint density at radius 1 is 0.963 bits per heavy atom. The summed E-state index contributed by atoms with van der Waals surface area (Å²) in [6, 6.07) is 7.17. The van der Waals surface area contributed by atoms with Gasteiger partial charge in [-0.05, 0) is 53.7 Å². The normalized spacial score (nSPS) is 22.5. The van der Waals surface area contributed by atoms with Crippen LogP contribution in [-0.2, 0) is 22.9 Å². The van der Waals surface area contributed by atoms with E-state index in [0.717, 1.165) is 0 Å². The van der Waals surface area contributed by atoms with Gasteiger partial charge < -0.3 is 18.1 Å². The molecule has 1 aliphatic carbocycles. The molecule has 0 bridgehead atoms. The minimum Gasteiger partial charge on any atom is -0.414 e. The van der Waals surface area contributed by atoms with Gasteiger partial charge in [-0.2, -0.15) is 0 Å². The van der Waals surface area contributed by atoms with Crippen LogP contribution in [0, 0.1) is 10.8 Å². The van der Waals surface area contributed by atoms with E-state index in [4.69, 9.17) is 22.6 Å². The van der Waals surface area contributed by atoms with Gasteiger partial charge in [-0.25, -0.2) is 0 Å². The Bertz CT molecular complexity index is 737. The third-order valence-electron chi connectivity index (χ3n) is 5.21. The van der Waals surface area contributed by atoms with E-state index in [0.29, 0.717) is 11.5 Å². The average Bonchev–Trinajstić information content (AvgIpc) is 3.01. The lowest BCUT2D eigenvalue weighted by molar-refractivity contribution is -0.194. The first-order valence-electron chi connectivity index (χ1n) is 8.95. The number of hydrogen-bond acceptors (Lipinski definition) is 7. The highest BCUT2D eigenvalue weighted by Gasteiger charge is 2.83. The highest BCUT2D eigenvalue weighted by Crippen LogP contribution is 2.82. The van der Waals surface area contributed by atoms with E-state index in [1.807, 2.05) is 12.1 Å². The number of carbonyl (C=O) groups is 1. The molecule has 9 heteroatoms. The molecule has 0 atom stereocenters. The molecule has 1 heterocycles. The molecule has 0 unspecified atom stereocenters. The molecular weight excluding hydrogens is 390 g/mol. The second-order valence-corrected chi connectivity index (χ2v) is 10.6. The zero-order valence-electron chi connectivity index (χ0n) is 16.5. The van der Waals surface area contributed by atoms with E-state index in [-0.39, 0.29) is 19.0 Å². The van der Waals surface area contributed by atoms with Crippen molar-refractivity contribution in [3.63, 3.8) is 0 Å². The summed E-state index contributed by atoms with van der Waals surface area (Å²) < 4.78 is 43.1. The molecule has 150 valence electrons. The van der Waals surface area contributed by atoms with Crippen molar-refractivity contribution >= 4 is 22.0 Å². The lowest BCUT2D eigenvalue weighted by atomic mass is 9.51. The van der Waals surface area contributed by atoms with Crippen molar-refractivity contribution < 1.29 is 32.0 Å². The second-order valence-electron chi connectivity index (χ2n) is 7.50. The summed E-state index contributed by atoms with van der Waals surface area (Å²) >= 11 is 0. The Morgan fingerprint density at radius 3 is 1.81 bits per heavy atom. The van der Waals surface area contributed by atoms with Crippen molar-refractivity contribution in [3.8, 4) is 11.5 Å². The first kappa shape index (κ1) is 20.8. The van der Waals surface area contributed by atoms with Crippen LogP contribution >= 0.6 is 16.2 Å². The zero-order valence-corrected chi connectivity index (χ0v) is 18.3. The first-order chi connectivity index (χ1) is 12.6. The predicted molar refractivity (Wildman–Crippen MR) is 102 cm³/mol. The summed E-state index contributed by atoms with van der Waals surface area (Å²) in [4.78, 5) is 12.9. The van der Waals surface area contributed by atoms with Crippen LogP contribution in [0.2, 0.25) is 0 Å². The smallest absolute Gasteiger partial charge is 0.414 e. The fourth-order valence-electron chi connectivity index (χ4n) is 4.26. The van der Waals surface area contributed by atoms with Gasteiger partial charge in [-0.1, -0.05) is 12.1 Å². The third kappa shape index (κ3) is 2.71. The Labute approximate surface area is 161 Å². The highest BCUT2D eigenvalue weighted by molar-refractivity contribution is 7.56. The van der Waals surface area contributed by atoms with Crippen LogP contribution in [0.4, 0.5) is 0 Å². The van der Waals surface area contributed by atoms with E-state index in [9.17, 15) is 9.36 Å². The molecule has 1 aliphatic heterocycles. The highest BCUT2D eigenvalue weighted by atomic mass is 31.2. The van der Waals surface area contributed by atoms with Gasteiger partial charge in [-0.15, -0.1) is 0 Å². The van der Waals surface area contributed by atoms with Crippen molar-refractivity contribution in [3.05, 3.63) is 24.3 Å². The Morgan fingerprint density at radius 2 is 1.41 bits per heavy atom. The van der Waals surface area contributed by atoms with E-state index in [1.165, 1.54) is 0 Å². The fourth-order valence-corrected chi connectivity index (χ4v) is 8.95. The fraction of sp³-hybridized carbons (Fsp3) is 0.611. The summed E-state index contributed by atoms with van der Waals surface area (Å²) in [5.74, 6) is 1.01. The Balaban J connectivity index is 2.05. The number of Topliss-reactive ketones (excluding diaryl/α,β-unsaturated/α-hetero) is 1. The second kappa shape index (κ2) is 6.82. The van der Waals surface area contributed by atoms with Gasteiger partial charge in [0.05, 0.1) is 24.0 Å². The predicted octanol–water partition coefficient (Wildman–Crippen LogP) is 5.30. The van der Waals surface area contributed by atoms with Gasteiger partial charge in [0.15, 0.2) is 17.3 Å². The quantitative estimate of drug-likeness (QED) is 0.558. The maximum Gasteiger partial charge on any atom is 0.464 e. The van der Waals surface area contributed by atoms with Crippen molar-refractivity contribution in [1.29, 1.82) is 0 Å². The Kier molecular flexibility index (Phi) is 5.24. The SMILES string of the molecule is CCOP(=O)(OCC)C1(OP2Oc3ccccc3O2)C(C)(C)C(=O)C1(C)C. The van der Waals surface area contributed by atoms with Gasteiger partial charge in [0, 0.05) is 0 Å². The molecule has 0 spiro atoms. The summed E-state index contributed by atoms with van der Waals surface area (Å²) in [5, 5.41) is -1.54. The van der Waals surface area contributed by atoms with E-state index in [1.54, 1.807) is 53.7 Å². The number of para-hydroxylation sites is 2. The summed E-state index contributed by atoms with van der Waals surface area (Å²) in [5.41, 5.74) is -2.22. The number of ketones is 1. The van der Waals surface area contributed by atoms with Crippen LogP contribution in [0.5, 0.6) is 11.5 Å². The lowest BCUT2D eigenvalue weighted by Crippen LogP contribution is -2.74. The topological polar surface area (TPSA) is 80.3 Å². The van der Waals surface area contributed by atoms with Gasteiger partial charge >= 0.3 is 16.2 Å². The standard InChI is InChI=1S/C18H26O7P2/c1-7-21-27(20,22-8-2)18(16(3,4)15(19)17(18,5)6)25-26-23-13-11-9-10-12-14(13)24-26/h9-12H,7-8H2,1-6H3. The summed E-state index contributed by atoms with van der Waals surface area (Å²) in [7, 11) is -5.79. The molecule has 0 radical (unpaired) electrons. The number of hydrogen-bond donors (Lipinski definition) is 0. The minimum absolute atomic E-state index is 0.0821. The van der Waals surface area contributed by atoms with Crippen molar-refractivity contribution in [2.24, 2.45) is 10.8 Å². The molecule has 2 aliphatic rings. The van der Waals surface area contributed by atoms with Gasteiger partial charge in [-0.3, -0.25) is 13.9 Å². The molecule has 0 amide bonds. The van der Waals surface area contributed by atoms with Crippen molar-refractivity contribution in [2.75, 3.05) is 13.2 Å². The summed E-state index contributed by atoms with van der Waals surface area (Å²) in [6.07, 6.45) is 0. The molecule has 1 fully saturated rings. The maximum absolute atomic E-state index is 13.9. The number of fused-ring (bicyclic) bond motifs is 1. The molecule has 1 saturated carbocycles. The molecule has 1 aromatic rings. The first-order valence-corrected chi connectivity index (χ1v) is 11.6. The molecule has 0 N–H and O–H groups in total. The third-order valence-corrected chi connectivity index (χ3v) is 9.65. The maximum atomic E-state index is 13.9. The molecule has 27 heavy (non-hydrogen) atoms. The average molecular weight is 416 g/mol.